The molecule has 2 aromatic carbocycles. The molecule has 2 aliphatic heterocycles. The van der Waals surface area contributed by atoms with Crippen molar-refractivity contribution in [3.05, 3.63) is 66.4 Å². The fraction of sp³-hybridized carbons (Fsp3) is 0.318. The van der Waals surface area contributed by atoms with Gasteiger partial charge in [0.2, 0.25) is 0 Å². The minimum atomic E-state index is -3.80. The molecule has 1 aromatic heterocycles. The molecular weight excluding hydrogens is 419 g/mol. The Morgan fingerprint density at radius 3 is 2.61 bits per heavy atom. The lowest BCUT2D eigenvalue weighted by Crippen LogP contribution is -2.42. The fourth-order valence-electron chi connectivity index (χ4n) is 4.75. The number of sulfonamides is 1. The van der Waals surface area contributed by atoms with Crippen LogP contribution in [0.1, 0.15) is 18.0 Å². The van der Waals surface area contributed by atoms with Crippen molar-refractivity contribution in [2.45, 2.75) is 23.5 Å². The highest BCUT2D eigenvalue weighted by atomic mass is 32.2. The van der Waals surface area contributed by atoms with E-state index in [4.69, 9.17) is 0 Å². The van der Waals surface area contributed by atoms with Crippen molar-refractivity contribution in [2.24, 2.45) is 13.0 Å². The van der Waals surface area contributed by atoms with E-state index in [9.17, 15) is 17.9 Å². The number of nitrogens with one attached hydrogen (secondary N) is 1. The molecule has 0 amide bonds. The Bertz CT molecular complexity index is 1230. The third-order valence-electron chi connectivity index (χ3n) is 6.26. The van der Waals surface area contributed by atoms with Crippen molar-refractivity contribution < 1.29 is 17.9 Å². The Morgan fingerprint density at radius 2 is 1.94 bits per heavy atom. The quantitative estimate of drug-likeness (QED) is 0.649. The van der Waals surface area contributed by atoms with Crippen LogP contribution >= 0.6 is 0 Å². The smallest absolute Gasteiger partial charge is 0.262 e. The highest BCUT2D eigenvalue weighted by Gasteiger charge is 2.49. The molecule has 0 radical (unpaired) electrons. The number of benzene rings is 2. The van der Waals surface area contributed by atoms with Gasteiger partial charge in [-0.25, -0.2) is 17.8 Å². The van der Waals surface area contributed by atoms with E-state index in [1.165, 1.54) is 29.0 Å². The zero-order valence-corrected chi connectivity index (χ0v) is 17.8. The molecule has 0 saturated carbocycles. The number of hydrogen-bond donors (Lipinski definition) is 2. The van der Waals surface area contributed by atoms with E-state index in [2.05, 4.69) is 10.3 Å². The normalized spacial score (nSPS) is 23.3. The van der Waals surface area contributed by atoms with Crippen LogP contribution in [-0.2, 0) is 17.1 Å². The van der Waals surface area contributed by atoms with Crippen LogP contribution < -0.4 is 5.32 Å². The van der Waals surface area contributed by atoms with Gasteiger partial charge in [-0.3, -0.25) is 0 Å². The SMILES string of the molecule is Cn1cnc(S(=O)(=O)N2CC[C@@H]3[C@@H](CO)Nc4ccc(-c5ccc(F)cc5)cc4[C@@H]32)c1. The summed E-state index contributed by atoms with van der Waals surface area (Å²) in [6.07, 6.45) is 3.61. The van der Waals surface area contributed by atoms with Crippen LogP contribution in [0.4, 0.5) is 10.1 Å². The second-order valence-electron chi connectivity index (χ2n) is 8.13. The van der Waals surface area contributed by atoms with Crippen LogP contribution in [0.3, 0.4) is 0 Å². The first-order valence-corrected chi connectivity index (χ1v) is 11.6. The maximum absolute atomic E-state index is 13.4. The first-order valence-electron chi connectivity index (χ1n) is 10.2. The zero-order valence-electron chi connectivity index (χ0n) is 16.9. The fourth-order valence-corrected chi connectivity index (χ4v) is 6.39. The van der Waals surface area contributed by atoms with Crippen molar-refractivity contribution in [3.8, 4) is 11.1 Å². The van der Waals surface area contributed by atoms with Gasteiger partial charge in [0.15, 0.2) is 5.03 Å². The standard InChI is InChI=1S/C22H23FN4O3S/c1-26-11-21(24-13-26)31(29,30)27-9-8-17-20(12-28)25-19-7-4-15(10-18(19)22(17)27)14-2-5-16(23)6-3-14/h2-7,10-11,13,17,20,22,25,28H,8-9,12H2,1H3/t17-,20-,22-/m1/s1. The first kappa shape index (κ1) is 20.2. The van der Waals surface area contributed by atoms with Gasteiger partial charge >= 0.3 is 0 Å². The van der Waals surface area contributed by atoms with Gasteiger partial charge in [0.1, 0.15) is 5.82 Å². The number of hydrogen-bond acceptors (Lipinski definition) is 5. The van der Waals surface area contributed by atoms with E-state index < -0.39 is 16.1 Å². The monoisotopic (exact) mass is 442 g/mol. The van der Waals surface area contributed by atoms with Crippen molar-refractivity contribution in [1.29, 1.82) is 0 Å². The molecule has 2 N–H and O–H groups in total. The summed E-state index contributed by atoms with van der Waals surface area (Å²) >= 11 is 0. The van der Waals surface area contributed by atoms with Crippen LogP contribution in [0.15, 0.2) is 60.0 Å². The van der Waals surface area contributed by atoms with Gasteiger partial charge in [0, 0.05) is 31.4 Å². The first-order chi connectivity index (χ1) is 14.9. The van der Waals surface area contributed by atoms with E-state index >= 15 is 0 Å². The van der Waals surface area contributed by atoms with Crippen molar-refractivity contribution in [3.63, 3.8) is 0 Å². The Hall–Kier alpha value is -2.75. The predicted octanol–water partition coefficient (Wildman–Crippen LogP) is 2.76. The Balaban J connectivity index is 1.61. The minimum absolute atomic E-state index is 0.0194. The van der Waals surface area contributed by atoms with Crippen molar-refractivity contribution in [1.82, 2.24) is 13.9 Å². The molecule has 0 bridgehead atoms. The topological polar surface area (TPSA) is 87.5 Å². The van der Waals surface area contributed by atoms with Crippen LogP contribution in [0.2, 0.25) is 0 Å². The van der Waals surface area contributed by atoms with Gasteiger partial charge in [-0.15, -0.1) is 0 Å². The number of rotatable bonds is 4. The molecule has 31 heavy (non-hydrogen) atoms. The number of aliphatic hydroxyl groups excluding tert-OH is 1. The van der Waals surface area contributed by atoms with Crippen LogP contribution in [0.5, 0.6) is 0 Å². The summed E-state index contributed by atoms with van der Waals surface area (Å²) in [6.45, 7) is 0.268. The number of fused-ring (bicyclic) bond motifs is 3. The number of halogens is 1. The average molecular weight is 443 g/mol. The lowest BCUT2D eigenvalue weighted by molar-refractivity contribution is 0.210. The van der Waals surface area contributed by atoms with E-state index in [0.29, 0.717) is 13.0 Å². The number of aliphatic hydroxyl groups is 1. The summed E-state index contributed by atoms with van der Waals surface area (Å²) in [6, 6.07) is 11.4. The van der Waals surface area contributed by atoms with E-state index in [-0.39, 0.29) is 29.4 Å². The molecule has 0 spiro atoms. The molecule has 3 aromatic rings. The molecule has 7 nitrogen and oxygen atoms in total. The summed E-state index contributed by atoms with van der Waals surface area (Å²) in [7, 11) is -2.07. The molecule has 1 saturated heterocycles. The van der Waals surface area contributed by atoms with Crippen LogP contribution in [0.25, 0.3) is 11.1 Å². The second-order valence-corrected chi connectivity index (χ2v) is 9.97. The van der Waals surface area contributed by atoms with E-state index in [1.54, 1.807) is 23.7 Å². The number of nitrogens with zero attached hydrogens (tertiary/aromatic N) is 3. The maximum Gasteiger partial charge on any atom is 0.262 e. The predicted molar refractivity (Wildman–Crippen MR) is 114 cm³/mol. The maximum atomic E-state index is 13.4. The molecule has 162 valence electrons. The highest BCUT2D eigenvalue weighted by Crippen LogP contribution is 2.49. The van der Waals surface area contributed by atoms with Gasteiger partial charge in [-0.05, 0) is 47.4 Å². The number of imidazole rings is 1. The largest absolute Gasteiger partial charge is 0.394 e. The summed E-state index contributed by atoms with van der Waals surface area (Å²) in [4.78, 5) is 4.07. The van der Waals surface area contributed by atoms with Gasteiger partial charge in [-0.2, -0.15) is 4.31 Å². The molecule has 2 aliphatic rings. The zero-order chi connectivity index (χ0) is 21.8. The molecule has 9 heteroatoms. The molecule has 5 rings (SSSR count). The average Bonchev–Trinajstić information content (AvgIpc) is 3.41. The number of aromatic nitrogens is 2. The van der Waals surface area contributed by atoms with Gasteiger partial charge in [0.25, 0.3) is 10.0 Å². The molecule has 0 aliphatic carbocycles. The van der Waals surface area contributed by atoms with Crippen molar-refractivity contribution in [2.75, 3.05) is 18.5 Å². The lowest BCUT2D eigenvalue weighted by atomic mass is 9.82. The molecular formula is C22H23FN4O3S. The molecule has 3 heterocycles. The van der Waals surface area contributed by atoms with E-state index in [1.807, 2.05) is 18.2 Å². The molecule has 0 unspecified atom stereocenters. The van der Waals surface area contributed by atoms with Gasteiger partial charge in [0.05, 0.1) is 25.0 Å². The third kappa shape index (κ3) is 3.33. The Morgan fingerprint density at radius 1 is 1.19 bits per heavy atom. The minimum Gasteiger partial charge on any atom is -0.394 e. The summed E-state index contributed by atoms with van der Waals surface area (Å²) in [5.74, 6) is -0.378. The third-order valence-corrected chi connectivity index (χ3v) is 8.02. The Labute approximate surface area is 180 Å². The summed E-state index contributed by atoms with van der Waals surface area (Å²) in [5, 5.41) is 13.3. The summed E-state index contributed by atoms with van der Waals surface area (Å²) < 4.78 is 43.3. The van der Waals surface area contributed by atoms with Gasteiger partial charge < -0.3 is 15.0 Å². The van der Waals surface area contributed by atoms with Crippen LogP contribution in [-0.4, -0.2) is 46.6 Å². The second kappa shape index (κ2) is 7.44. The van der Waals surface area contributed by atoms with Gasteiger partial charge in [-0.1, -0.05) is 18.2 Å². The Kier molecular flexibility index (Phi) is 4.84. The molecule has 1 fully saturated rings. The highest BCUT2D eigenvalue weighted by molar-refractivity contribution is 7.89. The van der Waals surface area contributed by atoms with Crippen molar-refractivity contribution >= 4 is 15.7 Å². The molecule has 3 atom stereocenters. The summed E-state index contributed by atoms with van der Waals surface area (Å²) in [5.41, 5.74) is 3.38. The lowest BCUT2D eigenvalue weighted by Gasteiger charge is -2.38. The number of aryl methyl sites for hydroxylation is 1. The van der Waals surface area contributed by atoms with Crippen LogP contribution in [0, 0.1) is 11.7 Å². The van der Waals surface area contributed by atoms with E-state index in [0.717, 1.165) is 22.4 Å². The number of anilines is 1.